The summed E-state index contributed by atoms with van der Waals surface area (Å²) in [5, 5.41) is 3.13. The van der Waals surface area contributed by atoms with Crippen LogP contribution in [0.15, 0.2) is 71.9 Å². The van der Waals surface area contributed by atoms with Gasteiger partial charge >= 0.3 is 0 Å². The molecule has 0 fully saturated rings. The maximum Gasteiger partial charge on any atom is 0.193 e. The zero-order valence-corrected chi connectivity index (χ0v) is 15.6. The molecule has 2 aromatic carbocycles. The first-order valence-electron chi connectivity index (χ1n) is 8.86. The van der Waals surface area contributed by atoms with Gasteiger partial charge in [-0.3, -0.25) is 4.98 Å². The molecule has 5 nitrogen and oxygen atoms in total. The minimum absolute atomic E-state index is 0.397. The Bertz CT molecular complexity index is 905. The van der Waals surface area contributed by atoms with Crippen LogP contribution < -0.4 is 15.8 Å². The Morgan fingerprint density at radius 2 is 1.85 bits per heavy atom. The number of aliphatic imine (C=N–C) groups is 1. The highest BCUT2D eigenvalue weighted by Gasteiger charge is 2.00. The summed E-state index contributed by atoms with van der Waals surface area (Å²) in [5.74, 6) is 1.20. The molecule has 0 saturated heterocycles. The molecular weight excluding hydrogens is 336 g/mol. The molecule has 0 saturated carbocycles. The third-order valence-electron chi connectivity index (χ3n) is 4.25. The van der Waals surface area contributed by atoms with Crippen LogP contribution in [-0.2, 0) is 13.2 Å². The quantitative estimate of drug-likeness (QED) is 0.510. The van der Waals surface area contributed by atoms with Crippen molar-refractivity contribution >= 4 is 11.6 Å². The molecule has 0 spiro atoms. The molecule has 3 N–H and O–H groups in total. The number of rotatable bonds is 6. The third-order valence-corrected chi connectivity index (χ3v) is 4.25. The summed E-state index contributed by atoms with van der Waals surface area (Å²) in [7, 11) is 0. The number of pyridine rings is 1. The highest BCUT2D eigenvalue weighted by atomic mass is 16.5. The van der Waals surface area contributed by atoms with Crippen LogP contribution in [0.5, 0.6) is 5.75 Å². The van der Waals surface area contributed by atoms with Crippen molar-refractivity contribution in [2.24, 2.45) is 10.7 Å². The number of ether oxygens (including phenoxy) is 1. The number of guanidine groups is 1. The Hall–Kier alpha value is -3.34. The second-order valence-electron chi connectivity index (χ2n) is 6.38. The smallest absolute Gasteiger partial charge is 0.193 e. The zero-order chi connectivity index (χ0) is 19.1. The molecule has 0 radical (unpaired) electrons. The van der Waals surface area contributed by atoms with Gasteiger partial charge in [0, 0.05) is 11.9 Å². The van der Waals surface area contributed by atoms with E-state index in [0.29, 0.717) is 19.1 Å². The first-order valence-corrected chi connectivity index (χ1v) is 8.86. The Balaban J connectivity index is 1.52. The predicted molar refractivity (Wildman–Crippen MR) is 110 cm³/mol. The number of hydrogen-bond donors (Lipinski definition) is 2. The number of hydrogen-bond acceptors (Lipinski definition) is 3. The number of benzene rings is 2. The maximum atomic E-state index is 5.99. The third kappa shape index (κ3) is 5.57. The van der Waals surface area contributed by atoms with Crippen molar-refractivity contribution < 1.29 is 4.74 Å². The summed E-state index contributed by atoms with van der Waals surface area (Å²) < 4.78 is 5.74. The Labute approximate surface area is 159 Å². The lowest BCUT2D eigenvalue weighted by Gasteiger charge is -2.08. The van der Waals surface area contributed by atoms with Gasteiger partial charge in [-0.25, -0.2) is 4.99 Å². The van der Waals surface area contributed by atoms with Crippen LogP contribution in [0.2, 0.25) is 0 Å². The first kappa shape index (κ1) is 18.5. The van der Waals surface area contributed by atoms with Crippen molar-refractivity contribution in [3.8, 4) is 5.75 Å². The average molecular weight is 360 g/mol. The molecule has 0 unspecified atom stereocenters. The van der Waals surface area contributed by atoms with Gasteiger partial charge in [0.2, 0.25) is 0 Å². The van der Waals surface area contributed by atoms with Crippen molar-refractivity contribution in [3.05, 3.63) is 89.2 Å². The Kier molecular flexibility index (Phi) is 6.05. The largest absolute Gasteiger partial charge is 0.487 e. The summed E-state index contributed by atoms with van der Waals surface area (Å²) in [4.78, 5) is 8.64. The summed E-state index contributed by atoms with van der Waals surface area (Å²) in [6.07, 6.45) is 1.76. The molecule has 3 rings (SSSR count). The monoisotopic (exact) mass is 360 g/mol. The van der Waals surface area contributed by atoms with Gasteiger partial charge in [-0.05, 0) is 66.9 Å². The molecule has 0 aliphatic heterocycles. The molecule has 1 aromatic heterocycles. The molecule has 0 amide bonds. The van der Waals surface area contributed by atoms with E-state index in [1.54, 1.807) is 6.20 Å². The van der Waals surface area contributed by atoms with Crippen molar-refractivity contribution in [2.75, 3.05) is 5.32 Å². The fourth-order valence-electron chi connectivity index (χ4n) is 2.51. The van der Waals surface area contributed by atoms with E-state index >= 15 is 0 Å². The van der Waals surface area contributed by atoms with Crippen LogP contribution >= 0.6 is 0 Å². The Morgan fingerprint density at radius 1 is 1.04 bits per heavy atom. The maximum absolute atomic E-state index is 5.99. The number of aromatic nitrogens is 1. The van der Waals surface area contributed by atoms with Crippen molar-refractivity contribution in [1.82, 2.24) is 4.98 Å². The van der Waals surface area contributed by atoms with Gasteiger partial charge in [0.15, 0.2) is 5.96 Å². The van der Waals surface area contributed by atoms with Crippen LogP contribution in [0.1, 0.15) is 22.4 Å². The number of nitrogens with one attached hydrogen (secondary N) is 1. The Morgan fingerprint density at radius 3 is 2.56 bits per heavy atom. The van der Waals surface area contributed by atoms with E-state index in [4.69, 9.17) is 10.5 Å². The van der Waals surface area contributed by atoms with E-state index in [9.17, 15) is 0 Å². The van der Waals surface area contributed by atoms with E-state index in [-0.39, 0.29) is 0 Å². The van der Waals surface area contributed by atoms with Crippen LogP contribution in [0, 0.1) is 13.8 Å². The van der Waals surface area contributed by atoms with Crippen molar-refractivity contribution in [1.29, 1.82) is 0 Å². The summed E-state index contributed by atoms with van der Waals surface area (Å²) >= 11 is 0. The van der Waals surface area contributed by atoms with Crippen LogP contribution in [-0.4, -0.2) is 10.9 Å². The SMILES string of the molecule is Cc1ccc(NC(N)=NCc2ccc(OCc3ccccn3)cc2)cc1C. The topological polar surface area (TPSA) is 72.5 Å². The summed E-state index contributed by atoms with van der Waals surface area (Å²) in [5.41, 5.74) is 11.4. The zero-order valence-electron chi connectivity index (χ0n) is 15.6. The minimum atomic E-state index is 0.397. The number of nitrogens with zero attached hydrogens (tertiary/aromatic N) is 2. The molecule has 3 aromatic rings. The van der Waals surface area contributed by atoms with Gasteiger partial charge in [-0.2, -0.15) is 0 Å². The van der Waals surface area contributed by atoms with Gasteiger partial charge in [0.1, 0.15) is 12.4 Å². The van der Waals surface area contributed by atoms with Gasteiger partial charge in [0.25, 0.3) is 0 Å². The van der Waals surface area contributed by atoms with E-state index in [1.807, 2.05) is 48.5 Å². The van der Waals surface area contributed by atoms with Gasteiger partial charge < -0.3 is 15.8 Å². The molecule has 0 atom stereocenters. The number of aryl methyl sites for hydroxylation is 2. The van der Waals surface area contributed by atoms with Gasteiger partial charge in [-0.1, -0.05) is 24.3 Å². The second-order valence-corrected chi connectivity index (χ2v) is 6.38. The lowest BCUT2D eigenvalue weighted by Crippen LogP contribution is -2.22. The fourth-order valence-corrected chi connectivity index (χ4v) is 2.51. The molecule has 27 heavy (non-hydrogen) atoms. The lowest BCUT2D eigenvalue weighted by atomic mass is 10.1. The molecule has 0 bridgehead atoms. The summed E-state index contributed by atoms with van der Waals surface area (Å²) in [6.45, 7) is 5.11. The van der Waals surface area contributed by atoms with E-state index in [2.05, 4.69) is 41.3 Å². The van der Waals surface area contributed by atoms with Gasteiger partial charge in [0.05, 0.1) is 12.2 Å². The summed E-state index contributed by atoms with van der Waals surface area (Å²) in [6, 6.07) is 19.7. The molecule has 1 heterocycles. The second kappa shape index (κ2) is 8.85. The average Bonchev–Trinajstić information content (AvgIpc) is 2.69. The van der Waals surface area contributed by atoms with Crippen molar-refractivity contribution in [3.63, 3.8) is 0 Å². The van der Waals surface area contributed by atoms with E-state index in [1.165, 1.54) is 11.1 Å². The minimum Gasteiger partial charge on any atom is -0.487 e. The normalized spacial score (nSPS) is 11.3. The first-order chi connectivity index (χ1) is 13.1. The molecular formula is C22H24N4O. The predicted octanol–water partition coefficient (Wildman–Crippen LogP) is 4.20. The van der Waals surface area contributed by atoms with E-state index < -0.39 is 0 Å². The lowest BCUT2D eigenvalue weighted by molar-refractivity contribution is 0.301. The highest BCUT2D eigenvalue weighted by molar-refractivity contribution is 5.92. The van der Waals surface area contributed by atoms with Crippen LogP contribution in [0.3, 0.4) is 0 Å². The van der Waals surface area contributed by atoms with E-state index in [0.717, 1.165) is 22.7 Å². The molecule has 5 heteroatoms. The highest BCUT2D eigenvalue weighted by Crippen LogP contribution is 2.15. The fraction of sp³-hybridized carbons (Fsp3) is 0.182. The van der Waals surface area contributed by atoms with Crippen LogP contribution in [0.4, 0.5) is 5.69 Å². The standard InChI is InChI=1S/C22H24N4O/c1-16-6-9-19(13-17(16)2)26-22(23)25-14-18-7-10-21(11-8-18)27-15-20-5-3-4-12-24-20/h3-13H,14-15H2,1-2H3,(H3,23,25,26). The molecule has 138 valence electrons. The van der Waals surface area contributed by atoms with Crippen LogP contribution in [0.25, 0.3) is 0 Å². The number of anilines is 1. The molecule has 0 aliphatic rings. The number of nitrogens with two attached hydrogens (primary N) is 1. The van der Waals surface area contributed by atoms with Gasteiger partial charge in [-0.15, -0.1) is 0 Å². The molecule has 0 aliphatic carbocycles. The van der Waals surface area contributed by atoms with Crippen molar-refractivity contribution in [2.45, 2.75) is 27.0 Å².